The van der Waals surface area contributed by atoms with Crippen LogP contribution in [0.15, 0.2) is 18.2 Å². The van der Waals surface area contributed by atoms with E-state index >= 15 is 0 Å². The van der Waals surface area contributed by atoms with Gasteiger partial charge >= 0.3 is 0 Å². The average Bonchev–Trinajstić information content (AvgIpc) is 2.33. The molecule has 0 heterocycles. The van der Waals surface area contributed by atoms with Gasteiger partial charge in [-0.15, -0.1) is 0 Å². The van der Waals surface area contributed by atoms with Crippen molar-refractivity contribution in [2.75, 3.05) is 11.9 Å². The number of rotatable bonds is 5. The lowest BCUT2D eigenvalue weighted by molar-refractivity contribution is -0.137. The van der Waals surface area contributed by atoms with Gasteiger partial charge in [-0.3, -0.25) is 14.4 Å². The van der Waals surface area contributed by atoms with E-state index in [1.165, 1.54) is 0 Å². The summed E-state index contributed by atoms with van der Waals surface area (Å²) >= 11 is 0. The molecule has 0 saturated carbocycles. The molecule has 0 atom stereocenters. The number of benzene rings is 1. The Morgan fingerprint density at radius 3 is 2.22 bits per heavy atom. The predicted molar refractivity (Wildman–Crippen MR) is 66.3 cm³/mol. The molecule has 18 heavy (non-hydrogen) atoms. The van der Waals surface area contributed by atoms with Crippen LogP contribution in [0.1, 0.15) is 17.5 Å². The van der Waals surface area contributed by atoms with E-state index in [0.717, 1.165) is 11.1 Å². The molecule has 1 aromatic carbocycles. The second-order valence-corrected chi connectivity index (χ2v) is 4.02. The first-order valence-electron chi connectivity index (χ1n) is 5.48. The lowest BCUT2D eigenvalue weighted by atomic mass is 10.1. The van der Waals surface area contributed by atoms with Crippen LogP contribution in [0.3, 0.4) is 0 Å². The minimum Gasteiger partial charge on any atom is -0.389 e. The van der Waals surface area contributed by atoms with Crippen LogP contribution in [-0.2, 0) is 14.4 Å². The highest BCUT2D eigenvalue weighted by atomic mass is 16.3. The van der Waals surface area contributed by atoms with Crippen LogP contribution in [0.4, 0.5) is 5.69 Å². The van der Waals surface area contributed by atoms with Gasteiger partial charge in [0.25, 0.3) is 5.91 Å². The number of ketones is 2. The van der Waals surface area contributed by atoms with Crippen molar-refractivity contribution in [3.63, 3.8) is 0 Å². The van der Waals surface area contributed by atoms with E-state index in [2.05, 4.69) is 5.32 Å². The largest absolute Gasteiger partial charge is 0.389 e. The average molecular weight is 249 g/mol. The van der Waals surface area contributed by atoms with Crippen LogP contribution in [0.25, 0.3) is 0 Å². The van der Waals surface area contributed by atoms with Crippen molar-refractivity contribution in [1.29, 1.82) is 0 Å². The Morgan fingerprint density at radius 1 is 1.17 bits per heavy atom. The molecule has 0 bridgehead atoms. The standard InChI is InChI=1S/C13H15NO4/c1-8-4-3-5-9(2)12(8)14-13(18)11(17)6-10(16)7-15/h3-5,15H,6-7H2,1-2H3,(H,14,18). The van der Waals surface area contributed by atoms with Gasteiger partial charge in [0.05, 0.1) is 6.42 Å². The van der Waals surface area contributed by atoms with Crippen molar-refractivity contribution in [1.82, 2.24) is 0 Å². The minimum atomic E-state index is -0.850. The fourth-order valence-corrected chi connectivity index (χ4v) is 1.51. The van der Waals surface area contributed by atoms with Crippen molar-refractivity contribution < 1.29 is 19.5 Å². The first kappa shape index (κ1) is 14.1. The molecule has 0 fully saturated rings. The molecule has 0 spiro atoms. The normalized spacial score (nSPS) is 9.94. The van der Waals surface area contributed by atoms with Crippen LogP contribution in [0, 0.1) is 13.8 Å². The van der Waals surface area contributed by atoms with E-state index in [0.29, 0.717) is 5.69 Å². The maximum absolute atomic E-state index is 11.6. The molecule has 2 N–H and O–H groups in total. The zero-order chi connectivity index (χ0) is 13.7. The number of amides is 1. The molecular weight excluding hydrogens is 234 g/mol. The summed E-state index contributed by atoms with van der Waals surface area (Å²) in [5.41, 5.74) is 2.25. The van der Waals surface area contributed by atoms with Crippen molar-refractivity contribution in [2.45, 2.75) is 20.3 Å². The van der Waals surface area contributed by atoms with Crippen molar-refractivity contribution >= 4 is 23.2 Å². The third-order valence-corrected chi connectivity index (χ3v) is 2.51. The first-order chi connectivity index (χ1) is 8.45. The molecule has 0 aliphatic carbocycles. The van der Waals surface area contributed by atoms with Crippen LogP contribution < -0.4 is 5.32 Å². The van der Waals surface area contributed by atoms with Gasteiger partial charge in [0, 0.05) is 5.69 Å². The van der Waals surface area contributed by atoms with E-state index in [9.17, 15) is 14.4 Å². The molecular formula is C13H15NO4. The summed E-state index contributed by atoms with van der Waals surface area (Å²) in [4.78, 5) is 33.8. The first-order valence-corrected chi connectivity index (χ1v) is 5.48. The van der Waals surface area contributed by atoms with Crippen molar-refractivity contribution in [3.8, 4) is 0 Å². The maximum atomic E-state index is 11.6. The number of aryl methyl sites for hydroxylation is 2. The summed E-state index contributed by atoms with van der Waals surface area (Å²) in [5.74, 6) is -2.36. The van der Waals surface area contributed by atoms with Gasteiger partial charge in [0.2, 0.25) is 5.78 Å². The number of Topliss-reactive ketones (excluding diaryl/α,β-unsaturated/α-hetero) is 2. The van der Waals surface area contributed by atoms with Crippen LogP contribution in [0.2, 0.25) is 0 Å². The fourth-order valence-electron chi connectivity index (χ4n) is 1.51. The van der Waals surface area contributed by atoms with E-state index < -0.39 is 30.5 Å². The zero-order valence-corrected chi connectivity index (χ0v) is 10.3. The molecule has 5 nitrogen and oxygen atoms in total. The SMILES string of the molecule is Cc1cccc(C)c1NC(=O)C(=O)CC(=O)CO. The number of hydrogen-bond acceptors (Lipinski definition) is 4. The number of aliphatic hydroxyl groups is 1. The Kier molecular flexibility index (Phi) is 4.74. The molecule has 0 aliphatic heterocycles. The number of carbonyl (C=O) groups excluding carboxylic acids is 3. The molecule has 1 amide bonds. The van der Waals surface area contributed by atoms with Gasteiger partial charge < -0.3 is 10.4 Å². The smallest absolute Gasteiger partial charge is 0.292 e. The van der Waals surface area contributed by atoms with Gasteiger partial charge in [-0.05, 0) is 25.0 Å². The Morgan fingerprint density at radius 2 is 1.72 bits per heavy atom. The fraction of sp³-hybridized carbons (Fsp3) is 0.308. The lowest BCUT2D eigenvalue weighted by Crippen LogP contribution is -2.26. The third kappa shape index (κ3) is 3.49. The molecule has 0 aliphatic rings. The maximum Gasteiger partial charge on any atom is 0.292 e. The predicted octanol–water partition coefficient (Wildman–Crippen LogP) is 0.763. The number of carbonyl (C=O) groups is 3. The van der Waals surface area contributed by atoms with Crippen molar-refractivity contribution in [3.05, 3.63) is 29.3 Å². The molecule has 1 rings (SSSR count). The van der Waals surface area contributed by atoms with Gasteiger partial charge in [-0.2, -0.15) is 0 Å². The molecule has 5 heteroatoms. The quantitative estimate of drug-likeness (QED) is 0.596. The second-order valence-electron chi connectivity index (χ2n) is 4.02. The van der Waals surface area contributed by atoms with Gasteiger partial charge in [0.15, 0.2) is 5.78 Å². The van der Waals surface area contributed by atoms with Crippen LogP contribution in [0.5, 0.6) is 0 Å². The monoisotopic (exact) mass is 249 g/mol. The third-order valence-electron chi connectivity index (χ3n) is 2.51. The number of hydrogen-bond donors (Lipinski definition) is 2. The highest BCUT2D eigenvalue weighted by molar-refractivity contribution is 6.43. The number of para-hydroxylation sites is 1. The van der Waals surface area contributed by atoms with Gasteiger partial charge in [-0.25, -0.2) is 0 Å². The lowest BCUT2D eigenvalue weighted by Gasteiger charge is -2.10. The molecule has 0 aromatic heterocycles. The number of anilines is 1. The van der Waals surface area contributed by atoms with Crippen LogP contribution >= 0.6 is 0 Å². The zero-order valence-electron chi connectivity index (χ0n) is 10.3. The second kappa shape index (κ2) is 6.07. The highest BCUT2D eigenvalue weighted by Gasteiger charge is 2.18. The summed E-state index contributed by atoms with van der Waals surface area (Å²) < 4.78 is 0. The molecule has 96 valence electrons. The van der Waals surface area contributed by atoms with E-state index in [1.807, 2.05) is 32.0 Å². The molecule has 0 saturated heterocycles. The summed E-state index contributed by atoms with van der Waals surface area (Å²) in [6.07, 6.45) is -0.576. The molecule has 0 radical (unpaired) electrons. The Bertz CT molecular complexity index is 474. The van der Waals surface area contributed by atoms with Crippen LogP contribution in [-0.4, -0.2) is 29.2 Å². The number of aliphatic hydroxyl groups excluding tert-OH is 1. The van der Waals surface area contributed by atoms with Gasteiger partial charge in [-0.1, -0.05) is 18.2 Å². The summed E-state index contributed by atoms with van der Waals surface area (Å²) in [6, 6.07) is 5.47. The molecule has 0 unspecified atom stereocenters. The Labute approximate surface area is 105 Å². The number of nitrogens with one attached hydrogen (secondary N) is 1. The topological polar surface area (TPSA) is 83.5 Å². The van der Waals surface area contributed by atoms with E-state index in [4.69, 9.17) is 5.11 Å². The summed E-state index contributed by atoms with van der Waals surface area (Å²) in [7, 11) is 0. The highest BCUT2D eigenvalue weighted by Crippen LogP contribution is 2.19. The Hall–Kier alpha value is -2.01. The summed E-state index contributed by atoms with van der Waals surface area (Å²) in [5, 5.41) is 11.0. The van der Waals surface area contributed by atoms with Gasteiger partial charge in [0.1, 0.15) is 6.61 Å². The van der Waals surface area contributed by atoms with E-state index in [-0.39, 0.29) is 0 Å². The summed E-state index contributed by atoms with van der Waals surface area (Å²) in [6.45, 7) is 2.89. The Balaban J connectivity index is 2.76. The van der Waals surface area contributed by atoms with Crippen molar-refractivity contribution in [2.24, 2.45) is 0 Å². The van der Waals surface area contributed by atoms with E-state index in [1.54, 1.807) is 0 Å². The molecule has 1 aromatic rings. The minimum absolute atomic E-state index is 0.576.